The van der Waals surface area contributed by atoms with Gasteiger partial charge >= 0.3 is 0 Å². The molecule has 2 aromatic heterocycles. The van der Waals surface area contributed by atoms with Gasteiger partial charge < -0.3 is 25.0 Å². The second-order valence-electron chi connectivity index (χ2n) is 7.45. The van der Waals surface area contributed by atoms with Crippen molar-refractivity contribution in [2.45, 2.75) is 12.1 Å². The topological polar surface area (TPSA) is 73.5 Å². The number of anilines is 1. The van der Waals surface area contributed by atoms with Crippen LogP contribution in [0.4, 0.5) is 5.69 Å². The highest BCUT2D eigenvalue weighted by molar-refractivity contribution is 7.80. The number of phenols is 2. The Hall–Kier alpha value is -3.55. The van der Waals surface area contributed by atoms with E-state index in [4.69, 9.17) is 23.8 Å². The Kier molecular flexibility index (Phi) is 5.20. The summed E-state index contributed by atoms with van der Waals surface area (Å²) in [5.41, 5.74) is 3.15. The number of phenolic OH excluding ortho intramolecular Hbond substituents is 2. The Labute approximate surface area is 195 Å². The molecule has 4 aromatic rings. The van der Waals surface area contributed by atoms with Crippen molar-refractivity contribution in [3.05, 3.63) is 102 Å². The number of rotatable bonds is 4. The molecule has 3 N–H and O–H groups in total. The number of hydrogen-bond donors (Lipinski definition) is 3. The number of thiocarbonyl (C=S) groups is 1. The fourth-order valence-electron chi connectivity index (χ4n) is 4.09. The quantitative estimate of drug-likeness (QED) is 0.366. The standard InChI is InChI=1S/C24H19ClN4O2S/c25-15-6-11-21(31)20(14-15)29-23(22(27-24(29)32)18-4-1-2-12-26-18)19-5-3-13-28(19)16-7-9-17(30)10-8-16/h1-14,22-23,30-31H,(H,27,32)/t22-,23+/m1/s1. The molecule has 6 nitrogen and oxygen atoms in total. The van der Waals surface area contributed by atoms with Crippen molar-refractivity contribution in [3.63, 3.8) is 0 Å². The highest BCUT2D eigenvalue weighted by Gasteiger charge is 2.43. The molecule has 8 heteroatoms. The molecule has 1 aliphatic heterocycles. The van der Waals surface area contributed by atoms with E-state index in [0.29, 0.717) is 15.8 Å². The summed E-state index contributed by atoms with van der Waals surface area (Å²) in [5.74, 6) is 0.274. The first-order valence-corrected chi connectivity index (χ1v) is 10.8. The lowest BCUT2D eigenvalue weighted by molar-refractivity contribution is 0.471. The summed E-state index contributed by atoms with van der Waals surface area (Å²) in [7, 11) is 0. The normalized spacial score (nSPS) is 18.0. The first-order valence-electron chi connectivity index (χ1n) is 9.99. The molecule has 0 radical (unpaired) electrons. The first kappa shape index (κ1) is 20.4. The van der Waals surface area contributed by atoms with Crippen LogP contribution in [0.15, 0.2) is 85.2 Å². The van der Waals surface area contributed by atoms with Gasteiger partial charge in [-0.05, 0) is 78.9 Å². The summed E-state index contributed by atoms with van der Waals surface area (Å²) in [4.78, 5) is 6.43. The van der Waals surface area contributed by atoms with Gasteiger partial charge in [0.2, 0.25) is 0 Å². The average molecular weight is 463 g/mol. The van der Waals surface area contributed by atoms with Crippen LogP contribution in [-0.4, -0.2) is 24.9 Å². The predicted molar refractivity (Wildman–Crippen MR) is 128 cm³/mol. The summed E-state index contributed by atoms with van der Waals surface area (Å²) in [6, 6.07) is 21.0. The second kappa shape index (κ2) is 8.18. The molecule has 1 aliphatic rings. The van der Waals surface area contributed by atoms with Gasteiger partial charge in [-0.15, -0.1) is 0 Å². The lowest BCUT2D eigenvalue weighted by atomic mass is 10.0. The van der Waals surface area contributed by atoms with Crippen LogP contribution in [0, 0.1) is 0 Å². The Morgan fingerprint density at radius 1 is 0.969 bits per heavy atom. The minimum absolute atomic E-state index is 0.0768. The highest BCUT2D eigenvalue weighted by Crippen LogP contribution is 2.45. The maximum Gasteiger partial charge on any atom is 0.174 e. The third-order valence-corrected chi connectivity index (χ3v) is 6.06. The minimum Gasteiger partial charge on any atom is -0.508 e. The number of hydrogen-bond acceptors (Lipinski definition) is 4. The Morgan fingerprint density at radius 2 is 1.78 bits per heavy atom. The summed E-state index contributed by atoms with van der Waals surface area (Å²) >= 11 is 12.0. The van der Waals surface area contributed by atoms with E-state index in [1.165, 1.54) is 0 Å². The van der Waals surface area contributed by atoms with Crippen LogP contribution in [0.25, 0.3) is 5.69 Å². The monoisotopic (exact) mass is 462 g/mol. The molecule has 0 saturated carbocycles. The highest BCUT2D eigenvalue weighted by atomic mass is 35.5. The second-order valence-corrected chi connectivity index (χ2v) is 8.27. The number of benzene rings is 2. The minimum atomic E-state index is -0.328. The molecule has 2 atom stereocenters. The number of pyridine rings is 1. The average Bonchev–Trinajstić information content (AvgIpc) is 3.41. The van der Waals surface area contributed by atoms with Crippen molar-refractivity contribution < 1.29 is 10.2 Å². The number of aromatic nitrogens is 2. The molecule has 32 heavy (non-hydrogen) atoms. The number of nitrogens with zero attached hydrogens (tertiary/aromatic N) is 3. The van der Waals surface area contributed by atoms with Gasteiger partial charge in [0.05, 0.1) is 17.4 Å². The lowest BCUT2D eigenvalue weighted by Gasteiger charge is -2.29. The number of aromatic hydroxyl groups is 2. The molecule has 3 heterocycles. The summed E-state index contributed by atoms with van der Waals surface area (Å²) in [6.45, 7) is 0. The van der Waals surface area contributed by atoms with Crippen LogP contribution >= 0.6 is 23.8 Å². The predicted octanol–water partition coefficient (Wildman–Crippen LogP) is 5.11. The van der Waals surface area contributed by atoms with Gasteiger partial charge in [-0.2, -0.15) is 0 Å². The largest absolute Gasteiger partial charge is 0.508 e. The number of nitrogens with one attached hydrogen (secondary N) is 1. The van der Waals surface area contributed by atoms with Crippen molar-refractivity contribution in [1.29, 1.82) is 0 Å². The van der Waals surface area contributed by atoms with E-state index in [9.17, 15) is 10.2 Å². The van der Waals surface area contributed by atoms with Crippen LogP contribution in [0.3, 0.4) is 0 Å². The molecule has 0 aliphatic carbocycles. The molecular formula is C24H19ClN4O2S. The van der Waals surface area contributed by atoms with Gasteiger partial charge in [0.25, 0.3) is 0 Å². The third-order valence-electron chi connectivity index (χ3n) is 5.51. The Morgan fingerprint density at radius 3 is 2.53 bits per heavy atom. The van der Waals surface area contributed by atoms with Crippen LogP contribution in [0.1, 0.15) is 23.5 Å². The van der Waals surface area contributed by atoms with Gasteiger partial charge in [-0.1, -0.05) is 17.7 Å². The molecule has 0 bridgehead atoms. The van der Waals surface area contributed by atoms with Gasteiger partial charge in [0, 0.05) is 28.8 Å². The van der Waals surface area contributed by atoms with Crippen molar-refractivity contribution in [3.8, 4) is 17.2 Å². The molecule has 0 unspecified atom stereocenters. The SMILES string of the molecule is Oc1ccc(-n2cccc2[C@H]2[C@@H](c3ccccn3)NC(=S)N2c2cc(Cl)ccc2O)cc1. The molecule has 1 fully saturated rings. The van der Waals surface area contributed by atoms with E-state index < -0.39 is 0 Å². The molecule has 1 saturated heterocycles. The first-order chi connectivity index (χ1) is 15.5. The van der Waals surface area contributed by atoms with Gasteiger partial charge in [0.1, 0.15) is 17.5 Å². The Bertz CT molecular complexity index is 1280. The third kappa shape index (κ3) is 3.55. The molecule has 0 amide bonds. The van der Waals surface area contributed by atoms with E-state index in [1.807, 2.05) is 58.1 Å². The van der Waals surface area contributed by atoms with Gasteiger partial charge in [-0.25, -0.2) is 0 Å². The summed E-state index contributed by atoms with van der Waals surface area (Å²) < 4.78 is 2.03. The maximum absolute atomic E-state index is 10.7. The molecule has 0 spiro atoms. The van der Waals surface area contributed by atoms with Crippen LogP contribution in [0.5, 0.6) is 11.5 Å². The molecule has 2 aromatic carbocycles. The molecular weight excluding hydrogens is 444 g/mol. The zero-order chi connectivity index (χ0) is 22.2. The van der Waals surface area contributed by atoms with E-state index >= 15 is 0 Å². The van der Waals surface area contributed by atoms with Crippen LogP contribution in [-0.2, 0) is 0 Å². The van der Waals surface area contributed by atoms with E-state index in [2.05, 4.69) is 10.3 Å². The zero-order valence-electron chi connectivity index (χ0n) is 16.8. The summed E-state index contributed by atoms with van der Waals surface area (Å²) in [6.07, 6.45) is 3.70. The Balaban J connectivity index is 1.69. The van der Waals surface area contributed by atoms with Gasteiger partial charge in [0.15, 0.2) is 5.11 Å². The van der Waals surface area contributed by atoms with Crippen molar-refractivity contribution in [1.82, 2.24) is 14.9 Å². The lowest BCUT2D eigenvalue weighted by Crippen LogP contribution is -2.30. The molecule has 160 valence electrons. The van der Waals surface area contributed by atoms with Crippen LogP contribution in [0.2, 0.25) is 5.02 Å². The van der Waals surface area contributed by atoms with E-state index in [-0.39, 0.29) is 23.6 Å². The van der Waals surface area contributed by atoms with Crippen molar-refractivity contribution in [2.24, 2.45) is 0 Å². The molecule has 5 rings (SSSR count). The van der Waals surface area contributed by atoms with Crippen molar-refractivity contribution in [2.75, 3.05) is 4.90 Å². The van der Waals surface area contributed by atoms with Crippen LogP contribution < -0.4 is 10.2 Å². The smallest absolute Gasteiger partial charge is 0.174 e. The maximum atomic E-state index is 10.7. The van der Waals surface area contributed by atoms with E-state index in [0.717, 1.165) is 17.1 Å². The fourth-order valence-corrected chi connectivity index (χ4v) is 4.59. The van der Waals surface area contributed by atoms with E-state index in [1.54, 1.807) is 36.5 Å². The zero-order valence-corrected chi connectivity index (χ0v) is 18.3. The van der Waals surface area contributed by atoms with Crippen molar-refractivity contribution >= 4 is 34.6 Å². The summed E-state index contributed by atoms with van der Waals surface area (Å²) in [5, 5.41) is 24.7. The fraction of sp³-hybridized carbons (Fsp3) is 0.0833. The number of halogens is 1. The van der Waals surface area contributed by atoms with Gasteiger partial charge in [-0.3, -0.25) is 4.98 Å².